The largest absolute Gasteiger partial charge is 0.361 e. The first-order valence-corrected chi connectivity index (χ1v) is 7.38. The Hall–Kier alpha value is -2.75. The summed E-state index contributed by atoms with van der Waals surface area (Å²) in [6.45, 7) is 2.60. The van der Waals surface area contributed by atoms with E-state index in [0.717, 1.165) is 23.2 Å². The Balaban J connectivity index is 1.50. The van der Waals surface area contributed by atoms with Gasteiger partial charge in [-0.1, -0.05) is 18.2 Å². The maximum Gasteiger partial charge on any atom is 0.319 e. The van der Waals surface area contributed by atoms with Crippen LogP contribution in [0.2, 0.25) is 0 Å². The lowest BCUT2D eigenvalue weighted by atomic mass is 10.1. The number of H-pyrrole nitrogens is 1. The summed E-state index contributed by atoms with van der Waals surface area (Å²) in [6, 6.07) is 15.9. The van der Waals surface area contributed by atoms with Gasteiger partial charge < -0.3 is 15.6 Å². The predicted octanol–water partition coefficient (Wildman–Crippen LogP) is 3.84. The Labute approximate surface area is 129 Å². The summed E-state index contributed by atoms with van der Waals surface area (Å²) in [4.78, 5) is 15.0. The molecule has 2 aromatic carbocycles. The molecular weight excluding hydrogens is 274 g/mol. The van der Waals surface area contributed by atoms with Crippen molar-refractivity contribution in [2.24, 2.45) is 0 Å². The minimum Gasteiger partial charge on any atom is -0.361 e. The summed E-state index contributed by atoms with van der Waals surface area (Å²) in [6.07, 6.45) is 2.74. The van der Waals surface area contributed by atoms with Gasteiger partial charge in [-0.05, 0) is 60.2 Å². The van der Waals surface area contributed by atoms with Crippen molar-refractivity contribution < 1.29 is 4.79 Å². The average Bonchev–Trinajstić information content (AvgIpc) is 2.95. The highest BCUT2D eigenvalue weighted by Gasteiger charge is 2.02. The van der Waals surface area contributed by atoms with Gasteiger partial charge in [-0.25, -0.2) is 4.79 Å². The molecule has 0 radical (unpaired) electrons. The summed E-state index contributed by atoms with van der Waals surface area (Å²) in [5.41, 5.74) is 4.28. The second-order valence-corrected chi connectivity index (χ2v) is 5.40. The van der Waals surface area contributed by atoms with E-state index in [-0.39, 0.29) is 6.03 Å². The number of aromatic nitrogens is 1. The van der Waals surface area contributed by atoms with Gasteiger partial charge in [0.25, 0.3) is 0 Å². The summed E-state index contributed by atoms with van der Waals surface area (Å²) in [5.74, 6) is 0. The van der Waals surface area contributed by atoms with Crippen LogP contribution in [0.5, 0.6) is 0 Å². The molecule has 1 aromatic heterocycles. The molecule has 0 aliphatic rings. The first-order chi connectivity index (χ1) is 10.7. The molecule has 3 rings (SSSR count). The van der Waals surface area contributed by atoms with Gasteiger partial charge in [0.2, 0.25) is 0 Å². The standard InChI is InChI=1S/C18H19N3O/c1-13-3-2-4-16(11-13)21-18(22)20-9-7-14-5-6-17-15(12-14)8-10-19-17/h2-6,8,10-12,19H,7,9H2,1H3,(H2,20,21,22). The molecule has 0 atom stereocenters. The third-order valence-electron chi connectivity index (χ3n) is 3.59. The molecule has 2 amide bonds. The van der Waals surface area contributed by atoms with Crippen LogP contribution in [0.25, 0.3) is 10.9 Å². The minimum atomic E-state index is -0.173. The van der Waals surface area contributed by atoms with Gasteiger partial charge in [0.1, 0.15) is 0 Å². The number of anilines is 1. The number of urea groups is 1. The van der Waals surface area contributed by atoms with Crippen molar-refractivity contribution in [2.45, 2.75) is 13.3 Å². The number of carbonyl (C=O) groups excluding carboxylic acids is 1. The van der Waals surface area contributed by atoms with Crippen LogP contribution in [-0.2, 0) is 6.42 Å². The molecule has 3 aromatic rings. The van der Waals surface area contributed by atoms with Crippen molar-refractivity contribution in [3.8, 4) is 0 Å². The van der Waals surface area contributed by atoms with Gasteiger partial charge in [-0.3, -0.25) is 0 Å². The normalized spacial score (nSPS) is 10.6. The molecule has 112 valence electrons. The molecule has 0 bridgehead atoms. The molecule has 0 aliphatic carbocycles. The van der Waals surface area contributed by atoms with Crippen molar-refractivity contribution in [1.29, 1.82) is 0 Å². The zero-order valence-electron chi connectivity index (χ0n) is 12.5. The van der Waals surface area contributed by atoms with Crippen LogP contribution in [0.3, 0.4) is 0 Å². The fraction of sp³-hybridized carbons (Fsp3) is 0.167. The third kappa shape index (κ3) is 3.47. The number of aryl methyl sites for hydroxylation is 1. The van der Waals surface area contributed by atoms with Gasteiger partial charge in [0.15, 0.2) is 0 Å². The number of fused-ring (bicyclic) bond motifs is 1. The van der Waals surface area contributed by atoms with Crippen LogP contribution in [0, 0.1) is 6.92 Å². The fourth-order valence-corrected chi connectivity index (χ4v) is 2.48. The van der Waals surface area contributed by atoms with Crippen LogP contribution < -0.4 is 10.6 Å². The van der Waals surface area contributed by atoms with Gasteiger partial charge >= 0.3 is 6.03 Å². The number of carbonyl (C=O) groups is 1. The Bertz CT molecular complexity index is 792. The molecule has 3 N–H and O–H groups in total. The number of amides is 2. The van der Waals surface area contributed by atoms with E-state index in [0.29, 0.717) is 6.54 Å². The fourth-order valence-electron chi connectivity index (χ4n) is 2.48. The summed E-state index contributed by atoms with van der Waals surface area (Å²) < 4.78 is 0. The molecule has 0 aliphatic heterocycles. The highest BCUT2D eigenvalue weighted by molar-refractivity contribution is 5.89. The molecular formula is C18H19N3O. The lowest BCUT2D eigenvalue weighted by Crippen LogP contribution is -2.30. The number of nitrogens with one attached hydrogen (secondary N) is 3. The number of hydrogen-bond donors (Lipinski definition) is 3. The quantitative estimate of drug-likeness (QED) is 0.672. The zero-order chi connectivity index (χ0) is 15.4. The SMILES string of the molecule is Cc1cccc(NC(=O)NCCc2ccc3[nH]ccc3c2)c1. The molecule has 0 unspecified atom stereocenters. The monoisotopic (exact) mass is 293 g/mol. The van der Waals surface area contributed by atoms with E-state index >= 15 is 0 Å². The number of rotatable bonds is 4. The minimum absolute atomic E-state index is 0.173. The zero-order valence-corrected chi connectivity index (χ0v) is 12.5. The number of benzene rings is 2. The summed E-state index contributed by atoms with van der Waals surface area (Å²) in [7, 11) is 0. The summed E-state index contributed by atoms with van der Waals surface area (Å²) in [5, 5.41) is 6.92. The molecule has 0 fully saturated rings. The van der Waals surface area contributed by atoms with E-state index in [4.69, 9.17) is 0 Å². The van der Waals surface area contributed by atoms with E-state index in [1.165, 1.54) is 10.9 Å². The van der Waals surface area contributed by atoms with Crippen LogP contribution in [0.1, 0.15) is 11.1 Å². The van der Waals surface area contributed by atoms with E-state index in [9.17, 15) is 4.79 Å². The van der Waals surface area contributed by atoms with Gasteiger partial charge in [-0.2, -0.15) is 0 Å². The topological polar surface area (TPSA) is 56.9 Å². The second kappa shape index (κ2) is 6.35. The first kappa shape index (κ1) is 14.2. The summed E-state index contributed by atoms with van der Waals surface area (Å²) >= 11 is 0. The Morgan fingerprint density at radius 1 is 1.14 bits per heavy atom. The molecule has 4 heteroatoms. The lowest BCUT2D eigenvalue weighted by Gasteiger charge is -2.08. The Kier molecular flexibility index (Phi) is 4.10. The van der Waals surface area contributed by atoms with Crippen molar-refractivity contribution in [3.63, 3.8) is 0 Å². The predicted molar refractivity (Wildman–Crippen MR) is 90.2 cm³/mol. The number of aromatic amines is 1. The van der Waals surface area contributed by atoms with Gasteiger partial charge in [-0.15, -0.1) is 0 Å². The highest BCUT2D eigenvalue weighted by atomic mass is 16.2. The second-order valence-electron chi connectivity index (χ2n) is 5.40. The van der Waals surface area contributed by atoms with Crippen molar-refractivity contribution in [1.82, 2.24) is 10.3 Å². The lowest BCUT2D eigenvalue weighted by molar-refractivity contribution is 0.252. The van der Waals surface area contributed by atoms with E-state index in [1.54, 1.807) is 0 Å². The average molecular weight is 293 g/mol. The Morgan fingerprint density at radius 3 is 2.91 bits per heavy atom. The van der Waals surface area contributed by atoms with E-state index in [2.05, 4.69) is 39.9 Å². The van der Waals surface area contributed by atoms with Crippen LogP contribution in [-0.4, -0.2) is 17.6 Å². The van der Waals surface area contributed by atoms with Crippen LogP contribution in [0.4, 0.5) is 10.5 Å². The molecule has 1 heterocycles. The first-order valence-electron chi connectivity index (χ1n) is 7.38. The molecule has 0 saturated carbocycles. The molecule has 22 heavy (non-hydrogen) atoms. The maximum atomic E-state index is 11.9. The number of hydrogen-bond acceptors (Lipinski definition) is 1. The molecule has 0 spiro atoms. The van der Waals surface area contributed by atoms with E-state index in [1.807, 2.05) is 37.4 Å². The Morgan fingerprint density at radius 2 is 2.05 bits per heavy atom. The highest BCUT2D eigenvalue weighted by Crippen LogP contribution is 2.14. The smallest absolute Gasteiger partial charge is 0.319 e. The molecule has 0 saturated heterocycles. The van der Waals surface area contributed by atoms with Crippen molar-refractivity contribution >= 4 is 22.6 Å². The van der Waals surface area contributed by atoms with Crippen LogP contribution in [0.15, 0.2) is 54.7 Å². The molecule has 4 nitrogen and oxygen atoms in total. The van der Waals surface area contributed by atoms with Crippen LogP contribution >= 0.6 is 0 Å². The van der Waals surface area contributed by atoms with E-state index < -0.39 is 0 Å². The van der Waals surface area contributed by atoms with Crippen molar-refractivity contribution in [3.05, 3.63) is 65.9 Å². The maximum absolute atomic E-state index is 11.9. The van der Waals surface area contributed by atoms with Gasteiger partial charge in [0, 0.05) is 23.9 Å². The van der Waals surface area contributed by atoms with Crippen molar-refractivity contribution in [2.75, 3.05) is 11.9 Å². The van der Waals surface area contributed by atoms with Gasteiger partial charge in [0.05, 0.1) is 0 Å². The third-order valence-corrected chi connectivity index (χ3v) is 3.59.